The lowest BCUT2D eigenvalue weighted by molar-refractivity contribution is 0.588. The highest BCUT2D eigenvalue weighted by molar-refractivity contribution is 5.74. The summed E-state index contributed by atoms with van der Waals surface area (Å²) in [4.78, 5) is 0. The van der Waals surface area contributed by atoms with Gasteiger partial charge in [-0.15, -0.1) is 0 Å². The number of anilines is 2. The topological polar surface area (TPSA) is 24.1 Å². The fourth-order valence-corrected chi connectivity index (χ4v) is 3.90. The highest BCUT2D eigenvalue weighted by atomic mass is 15.2. The maximum absolute atomic E-state index is 3.67. The molecule has 2 heterocycles. The van der Waals surface area contributed by atoms with Crippen LogP contribution in [0.15, 0.2) is 36.4 Å². The molecule has 2 heteroatoms. The summed E-state index contributed by atoms with van der Waals surface area (Å²) in [7, 11) is 0. The van der Waals surface area contributed by atoms with Crippen LogP contribution in [0.25, 0.3) is 0 Å². The molecule has 0 spiro atoms. The van der Waals surface area contributed by atoms with E-state index in [1.807, 2.05) is 0 Å². The molecule has 0 unspecified atom stereocenters. The molecule has 2 aromatic rings. The van der Waals surface area contributed by atoms with E-state index in [1.165, 1.54) is 33.6 Å². The molecule has 24 heavy (non-hydrogen) atoms. The second-order valence-corrected chi connectivity index (χ2v) is 9.35. The summed E-state index contributed by atoms with van der Waals surface area (Å²) in [6.45, 7) is 13.7. The van der Waals surface area contributed by atoms with Gasteiger partial charge in [-0.25, -0.2) is 0 Å². The Balaban J connectivity index is 1.83. The first kappa shape index (κ1) is 15.6. The van der Waals surface area contributed by atoms with Gasteiger partial charge in [-0.2, -0.15) is 0 Å². The van der Waals surface area contributed by atoms with E-state index < -0.39 is 0 Å². The Morgan fingerprint density at radius 1 is 0.667 bits per heavy atom. The lowest BCUT2D eigenvalue weighted by Crippen LogP contribution is -2.23. The van der Waals surface area contributed by atoms with E-state index in [0.717, 1.165) is 0 Å². The van der Waals surface area contributed by atoms with Crippen molar-refractivity contribution in [3.05, 3.63) is 58.7 Å². The van der Waals surface area contributed by atoms with Crippen molar-refractivity contribution in [2.45, 2.75) is 64.5 Å². The van der Waals surface area contributed by atoms with Crippen LogP contribution in [0.3, 0.4) is 0 Å². The molecule has 2 aliphatic rings. The van der Waals surface area contributed by atoms with Gasteiger partial charge >= 0.3 is 0 Å². The fourth-order valence-electron chi connectivity index (χ4n) is 3.90. The fraction of sp³-hybridized carbons (Fsp3) is 0.455. The first-order valence-corrected chi connectivity index (χ1v) is 8.96. The third-order valence-corrected chi connectivity index (χ3v) is 5.46. The van der Waals surface area contributed by atoms with Crippen LogP contribution >= 0.6 is 0 Å². The van der Waals surface area contributed by atoms with Crippen molar-refractivity contribution in [1.29, 1.82) is 0 Å². The van der Waals surface area contributed by atoms with Gasteiger partial charge in [0.2, 0.25) is 0 Å². The van der Waals surface area contributed by atoms with Gasteiger partial charge in [0.1, 0.15) is 6.17 Å². The Kier molecular flexibility index (Phi) is 3.10. The summed E-state index contributed by atoms with van der Waals surface area (Å²) >= 11 is 0. The second kappa shape index (κ2) is 4.78. The molecule has 126 valence electrons. The molecule has 0 radical (unpaired) electrons. The first-order valence-electron chi connectivity index (χ1n) is 8.96. The van der Waals surface area contributed by atoms with Gasteiger partial charge in [-0.1, -0.05) is 65.8 Å². The normalized spacial score (nSPS) is 21.6. The van der Waals surface area contributed by atoms with Gasteiger partial charge in [0.25, 0.3) is 0 Å². The van der Waals surface area contributed by atoms with Crippen LogP contribution < -0.4 is 10.6 Å². The van der Waals surface area contributed by atoms with E-state index in [9.17, 15) is 0 Å². The molecule has 0 saturated heterocycles. The number of hydrogen-bond acceptors (Lipinski definition) is 2. The number of rotatable bonds is 0. The van der Waals surface area contributed by atoms with E-state index in [4.69, 9.17) is 0 Å². The lowest BCUT2D eigenvalue weighted by Gasteiger charge is -2.22. The maximum Gasteiger partial charge on any atom is 0.108 e. The molecule has 0 atom stereocenters. The molecule has 4 rings (SSSR count). The van der Waals surface area contributed by atoms with Crippen LogP contribution in [0, 0.1) is 0 Å². The molecule has 0 aliphatic carbocycles. The van der Waals surface area contributed by atoms with E-state index in [2.05, 4.69) is 88.6 Å². The minimum absolute atomic E-state index is 0.176. The molecule has 2 aromatic carbocycles. The van der Waals surface area contributed by atoms with Crippen LogP contribution in [0.5, 0.6) is 0 Å². The number of benzene rings is 2. The van der Waals surface area contributed by atoms with Crippen molar-refractivity contribution in [1.82, 2.24) is 0 Å². The molecule has 2 N–H and O–H groups in total. The quantitative estimate of drug-likeness (QED) is 0.661. The van der Waals surface area contributed by atoms with E-state index >= 15 is 0 Å². The van der Waals surface area contributed by atoms with Crippen LogP contribution in [0.2, 0.25) is 0 Å². The predicted octanol–water partition coefficient (Wildman–Crippen LogP) is 5.59. The van der Waals surface area contributed by atoms with Crippen LogP contribution in [-0.2, 0) is 10.8 Å². The zero-order valence-corrected chi connectivity index (χ0v) is 15.6. The number of hydrogen-bond donors (Lipinski definition) is 2. The average molecular weight is 320 g/mol. The van der Waals surface area contributed by atoms with E-state index in [-0.39, 0.29) is 17.0 Å². The molecule has 0 bridgehead atoms. The van der Waals surface area contributed by atoms with Gasteiger partial charge in [0.15, 0.2) is 0 Å². The second-order valence-electron chi connectivity index (χ2n) is 9.35. The largest absolute Gasteiger partial charge is 0.364 e. The highest BCUT2D eigenvalue weighted by Gasteiger charge is 2.40. The van der Waals surface area contributed by atoms with Crippen LogP contribution in [-0.4, -0.2) is 6.17 Å². The molecule has 2 aliphatic heterocycles. The van der Waals surface area contributed by atoms with Gasteiger partial charge in [0, 0.05) is 11.4 Å². The lowest BCUT2D eigenvalue weighted by atomic mass is 9.81. The zero-order chi connectivity index (χ0) is 17.3. The Morgan fingerprint density at radius 2 is 1.08 bits per heavy atom. The minimum atomic E-state index is 0.176. The summed E-state index contributed by atoms with van der Waals surface area (Å²) in [5.41, 5.74) is 8.59. The average Bonchev–Trinajstić information content (AvgIpc) is 2.99. The van der Waals surface area contributed by atoms with Crippen molar-refractivity contribution in [2.75, 3.05) is 10.6 Å². The Labute approximate surface area is 145 Å². The first-order chi connectivity index (χ1) is 11.1. The summed E-state index contributed by atoms with van der Waals surface area (Å²) in [6, 6.07) is 13.9. The number of fused-ring (bicyclic) bond motifs is 5. The van der Waals surface area contributed by atoms with Crippen molar-refractivity contribution in [2.24, 2.45) is 0 Å². The summed E-state index contributed by atoms with van der Waals surface area (Å²) in [6.07, 6.45) is 0.278. The van der Waals surface area contributed by atoms with Gasteiger partial charge in [-0.05, 0) is 45.2 Å². The third kappa shape index (κ3) is 2.31. The summed E-state index contributed by atoms with van der Waals surface area (Å²) < 4.78 is 0. The maximum atomic E-state index is 3.67. The molecular formula is C22H28N2. The minimum Gasteiger partial charge on any atom is -0.364 e. The van der Waals surface area contributed by atoms with Gasteiger partial charge in [-0.3, -0.25) is 0 Å². The smallest absolute Gasteiger partial charge is 0.108 e. The van der Waals surface area contributed by atoms with Gasteiger partial charge in [0.05, 0.1) is 5.92 Å². The summed E-state index contributed by atoms with van der Waals surface area (Å²) in [5, 5.41) is 7.34. The number of nitrogens with one attached hydrogen (secondary N) is 2. The Bertz CT molecular complexity index is 738. The Hall–Kier alpha value is -1.96. The summed E-state index contributed by atoms with van der Waals surface area (Å²) in [5.74, 6) is 0.402. The van der Waals surface area contributed by atoms with Crippen LogP contribution in [0.1, 0.15) is 69.7 Å². The SMILES string of the molecule is CC(C)(C)c1ccc2c(c1)C1c3cc(C(C)(C)C)ccc3NC1N2. The molecule has 0 amide bonds. The molecule has 0 aromatic heterocycles. The predicted molar refractivity (Wildman–Crippen MR) is 103 cm³/mol. The molecule has 0 saturated carbocycles. The van der Waals surface area contributed by atoms with Crippen LogP contribution in [0.4, 0.5) is 11.4 Å². The molecule has 2 nitrogen and oxygen atoms in total. The third-order valence-electron chi connectivity index (χ3n) is 5.46. The zero-order valence-electron chi connectivity index (χ0n) is 15.6. The molecule has 0 fully saturated rings. The standard InChI is InChI=1S/C22H28N2/c1-21(2,3)13-7-9-17-15(11-13)19-16-12-14(22(4,5)6)8-10-18(16)24-20(19)23-17/h7-12,19-20,23-24H,1-6H3. The van der Waals surface area contributed by atoms with Crippen molar-refractivity contribution < 1.29 is 0 Å². The van der Waals surface area contributed by atoms with E-state index in [1.54, 1.807) is 0 Å². The van der Waals surface area contributed by atoms with Gasteiger partial charge < -0.3 is 10.6 Å². The van der Waals surface area contributed by atoms with E-state index in [0.29, 0.717) is 5.92 Å². The Morgan fingerprint density at radius 3 is 1.46 bits per heavy atom. The van der Waals surface area contributed by atoms with Crippen molar-refractivity contribution in [3.8, 4) is 0 Å². The molecular weight excluding hydrogens is 292 g/mol. The van der Waals surface area contributed by atoms with Crippen molar-refractivity contribution in [3.63, 3.8) is 0 Å². The van der Waals surface area contributed by atoms with Crippen molar-refractivity contribution >= 4 is 11.4 Å². The highest BCUT2D eigenvalue weighted by Crippen LogP contribution is 2.49. The monoisotopic (exact) mass is 320 g/mol.